The van der Waals surface area contributed by atoms with Gasteiger partial charge in [0.05, 0.1) is 20.3 Å². The first-order chi connectivity index (χ1) is 17.0. The molecule has 1 fully saturated rings. The fourth-order valence-corrected chi connectivity index (χ4v) is 4.70. The summed E-state index contributed by atoms with van der Waals surface area (Å²) >= 11 is 0. The predicted molar refractivity (Wildman–Crippen MR) is 130 cm³/mol. The minimum absolute atomic E-state index is 0.0854. The Kier molecular flexibility index (Phi) is 8.34. The molecule has 186 valence electrons. The van der Waals surface area contributed by atoms with Crippen molar-refractivity contribution in [1.29, 1.82) is 0 Å². The predicted octanol–water partition coefficient (Wildman–Crippen LogP) is 7.67. The van der Waals surface area contributed by atoms with Gasteiger partial charge in [0.1, 0.15) is 11.6 Å². The summed E-state index contributed by atoms with van der Waals surface area (Å²) in [5.41, 5.74) is 2.31. The van der Waals surface area contributed by atoms with Crippen molar-refractivity contribution in [3.05, 3.63) is 83.2 Å². The Morgan fingerprint density at radius 3 is 2.26 bits per heavy atom. The molecule has 35 heavy (non-hydrogen) atoms. The van der Waals surface area contributed by atoms with Crippen LogP contribution in [0, 0.1) is 23.4 Å². The van der Waals surface area contributed by atoms with E-state index in [4.69, 9.17) is 14.2 Å². The Labute approximate surface area is 204 Å². The maximum absolute atomic E-state index is 14.7. The van der Waals surface area contributed by atoms with Crippen LogP contribution in [0.25, 0.3) is 11.1 Å². The number of hydrogen-bond donors (Lipinski definition) is 0. The first kappa shape index (κ1) is 25.1. The van der Waals surface area contributed by atoms with E-state index >= 15 is 0 Å². The van der Waals surface area contributed by atoms with Gasteiger partial charge in [-0.2, -0.15) is 4.39 Å². The van der Waals surface area contributed by atoms with Crippen molar-refractivity contribution in [3.63, 3.8) is 0 Å². The van der Waals surface area contributed by atoms with Crippen LogP contribution in [-0.2, 0) is 11.3 Å². The average Bonchev–Trinajstić information content (AvgIpc) is 2.89. The van der Waals surface area contributed by atoms with Gasteiger partial charge in [0, 0.05) is 12.2 Å². The minimum Gasteiger partial charge on any atom is -0.497 e. The molecule has 0 unspecified atom stereocenters. The lowest BCUT2D eigenvalue weighted by molar-refractivity contribution is 0.134. The fourth-order valence-electron chi connectivity index (χ4n) is 4.70. The summed E-state index contributed by atoms with van der Waals surface area (Å²) in [7, 11) is 1.55. The van der Waals surface area contributed by atoms with Crippen LogP contribution in [0.4, 0.5) is 13.2 Å². The van der Waals surface area contributed by atoms with Crippen LogP contribution in [-0.4, -0.2) is 20.3 Å². The monoisotopic (exact) mass is 484 g/mol. The van der Waals surface area contributed by atoms with Crippen LogP contribution in [0.15, 0.2) is 54.6 Å². The van der Waals surface area contributed by atoms with Crippen LogP contribution < -0.4 is 9.47 Å². The van der Waals surface area contributed by atoms with Crippen molar-refractivity contribution in [2.24, 2.45) is 5.92 Å². The number of benzene rings is 3. The molecular formula is C29H31F3O3. The SMILES string of the molecule is CCOCc1ccc(C2CCC(COc3ccc(-c4ccc(OC)cc4)c(F)c3F)CC2)c(F)c1. The lowest BCUT2D eigenvalue weighted by Crippen LogP contribution is -2.20. The number of hydrogen-bond acceptors (Lipinski definition) is 3. The third-order valence-electron chi connectivity index (χ3n) is 6.75. The summed E-state index contributed by atoms with van der Waals surface area (Å²) in [6, 6.07) is 15.1. The highest BCUT2D eigenvalue weighted by Gasteiger charge is 2.25. The van der Waals surface area contributed by atoms with E-state index in [2.05, 4.69) is 0 Å². The van der Waals surface area contributed by atoms with Gasteiger partial charge < -0.3 is 14.2 Å². The summed E-state index contributed by atoms with van der Waals surface area (Å²) < 4.78 is 60.2. The summed E-state index contributed by atoms with van der Waals surface area (Å²) in [5, 5.41) is 0. The molecule has 3 aromatic carbocycles. The van der Waals surface area contributed by atoms with Gasteiger partial charge in [-0.15, -0.1) is 0 Å². The molecular weight excluding hydrogens is 453 g/mol. The van der Waals surface area contributed by atoms with Gasteiger partial charge in [-0.05, 0) is 91.5 Å². The largest absolute Gasteiger partial charge is 0.497 e. The molecule has 6 heteroatoms. The van der Waals surface area contributed by atoms with E-state index in [-0.39, 0.29) is 29.0 Å². The molecule has 3 aromatic rings. The Morgan fingerprint density at radius 1 is 0.857 bits per heavy atom. The van der Waals surface area contributed by atoms with Crippen LogP contribution in [0.1, 0.15) is 49.7 Å². The molecule has 0 aliphatic heterocycles. The fraction of sp³-hybridized carbons (Fsp3) is 0.379. The molecule has 0 amide bonds. The van der Waals surface area contributed by atoms with E-state index in [9.17, 15) is 13.2 Å². The van der Waals surface area contributed by atoms with Gasteiger partial charge in [-0.1, -0.05) is 24.3 Å². The van der Waals surface area contributed by atoms with Crippen molar-refractivity contribution >= 4 is 0 Å². The lowest BCUT2D eigenvalue weighted by atomic mass is 9.78. The minimum atomic E-state index is -0.985. The maximum Gasteiger partial charge on any atom is 0.201 e. The number of methoxy groups -OCH3 is 1. The second-order valence-electron chi connectivity index (χ2n) is 8.99. The molecule has 1 aliphatic rings. The molecule has 0 aromatic heterocycles. The summed E-state index contributed by atoms with van der Waals surface area (Å²) in [5.74, 6) is -1.17. The van der Waals surface area contributed by atoms with Gasteiger partial charge in [0.25, 0.3) is 0 Å². The van der Waals surface area contributed by atoms with Crippen LogP contribution >= 0.6 is 0 Å². The molecule has 1 saturated carbocycles. The highest BCUT2D eigenvalue weighted by atomic mass is 19.2. The van der Waals surface area contributed by atoms with Crippen LogP contribution in [0.5, 0.6) is 11.5 Å². The first-order valence-electron chi connectivity index (χ1n) is 12.1. The smallest absolute Gasteiger partial charge is 0.201 e. The van der Waals surface area contributed by atoms with Gasteiger partial charge >= 0.3 is 0 Å². The molecule has 0 spiro atoms. The molecule has 0 atom stereocenters. The normalized spacial score (nSPS) is 17.9. The highest BCUT2D eigenvalue weighted by molar-refractivity contribution is 5.66. The van der Waals surface area contributed by atoms with E-state index in [1.165, 1.54) is 12.1 Å². The second kappa shape index (κ2) is 11.6. The van der Waals surface area contributed by atoms with Gasteiger partial charge in [-0.3, -0.25) is 0 Å². The van der Waals surface area contributed by atoms with Gasteiger partial charge in [0.15, 0.2) is 11.6 Å². The summed E-state index contributed by atoms with van der Waals surface area (Å²) in [4.78, 5) is 0. The molecule has 0 heterocycles. The molecule has 0 bridgehead atoms. The zero-order valence-corrected chi connectivity index (χ0v) is 20.2. The quantitative estimate of drug-likeness (QED) is 0.312. The van der Waals surface area contributed by atoms with Crippen molar-refractivity contribution in [2.75, 3.05) is 20.3 Å². The Balaban J connectivity index is 1.33. The topological polar surface area (TPSA) is 27.7 Å². The first-order valence-corrected chi connectivity index (χ1v) is 12.1. The van der Waals surface area contributed by atoms with E-state index in [0.717, 1.165) is 36.8 Å². The zero-order chi connectivity index (χ0) is 24.8. The maximum atomic E-state index is 14.7. The highest BCUT2D eigenvalue weighted by Crippen LogP contribution is 2.38. The Morgan fingerprint density at radius 2 is 1.60 bits per heavy atom. The average molecular weight is 485 g/mol. The molecule has 4 rings (SSSR count). The number of ether oxygens (including phenoxy) is 3. The molecule has 0 N–H and O–H groups in total. The number of rotatable bonds is 9. The molecule has 0 radical (unpaired) electrons. The van der Waals surface area contributed by atoms with Crippen molar-refractivity contribution in [2.45, 2.75) is 45.1 Å². The standard InChI is InChI=1S/C29H31F3O3/c1-3-34-17-20-6-13-24(26(30)16-20)21-7-4-19(5-8-21)18-35-27-15-14-25(28(31)29(27)32)22-9-11-23(33-2)12-10-22/h6,9-16,19,21H,3-5,7-8,17-18H2,1-2H3. The van der Waals surface area contributed by atoms with E-state index < -0.39 is 11.6 Å². The van der Waals surface area contributed by atoms with E-state index in [1.807, 2.05) is 19.1 Å². The lowest BCUT2D eigenvalue weighted by Gasteiger charge is -2.29. The van der Waals surface area contributed by atoms with E-state index in [1.54, 1.807) is 37.4 Å². The van der Waals surface area contributed by atoms with Crippen molar-refractivity contribution < 1.29 is 27.4 Å². The summed E-state index contributed by atoms with van der Waals surface area (Å²) in [6.45, 7) is 3.23. The molecule has 1 aliphatic carbocycles. The third-order valence-corrected chi connectivity index (χ3v) is 6.75. The van der Waals surface area contributed by atoms with Crippen LogP contribution in [0.3, 0.4) is 0 Å². The molecule has 3 nitrogen and oxygen atoms in total. The van der Waals surface area contributed by atoms with E-state index in [0.29, 0.717) is 31.1 Å². The summed E-state index contributed by atoms with van der Waals surface area (Å²) in [6.07, 6.45) is 3.36. The Hall–Kier alpha value is -2.99. The molecule has 0 saturated heterocycles. The van der Waals surface area contributed by atoms with Gasteiger partial charge in [-0.25, -0.2) is 8.78 Å². The van der Waals surface area contributed by atoms with Crippen molar-refractivity contribution in [1.82, 2.24) is 0 Å². The third kappa shape index (κ3) is 5.99. The Bertz CT molecular complexity index is 1120. The number of halogens is 3. The second-order valence-corrected chi connectivity index (χ2v) is 8.99. The van der Waals surface area contributed by atoms with Gasteiger partial charge in [0.2, 0.25) is 5.82 Å². The zero-order valence-electron chi connectivity index (χ0n) is 20.2. The van der Waals surface area contributed by atoms with Crippen LogP contribution in [0.2, 0.25) is 0 Å². The van der Waals surface area contributed by atoms with Crippen molar-refractivity contribution in [3.8, 4) is 22.6 Å².